The summed E-state index contributed by atoms with van der Waals surface area (Å²) in [5, 5.41) is 0. The minimum atomic E-state index is -2.45. The number of rotatable bonds is 6. The molecule has 3 rings (SSSR count). The second-order valence-corrected chi connectivity index (χ2v) is 12.6. The highest BCUT2D eigenvalue weighted by Gasteiger charge is 2.65. The highest BCUT2D eigenvalue weighted by atomic mass is 28.4. The zero-order valence-electron chi connectivity index (χ0n) is 16.9. The van der Waals surface area contributed by atoms with Crippen LogP contribution >= 0.6 is 0 Å². The number of hydrogen-bond donors (Lipinski definition) is 0. The van der Waals surface area contributed by atoms with E-state index in [1.54, 1.807) is 0 Å². The molecule has 3 nitrogen and oxygen atoms in total. The monoisotopic (exact) mass is 353 g/mol. The standard InChI is InChI=1S/C20H39NO2Si/c1-7-22-24(23-8-2,18-15-16-10-11-17(18)14-16)21-19(3,4)12-9-13-20(21,5)6/h16-18H,7-15H2,1-6H3. The molecule has 2 saturated carbocycles. The first-order valence-electron chi connectivity index (χ1n) is 10.3. The first-order chi connectivity index (χ1) is 11.3. The van der Waals surface area contributed by atoms with Crippen molar-refractivity contribution in [3.8, 4) is 0 Å². The van der Waals surface area contributed by atoms with Gasteiger partial charge in [-0.2, -0.15) is 0 Å². The van der Waals surface area contributed by atoms with Crippen molar-refractivity contribution in [2.45, 2.75) is 103 Å². The van der Waals surface area contributed by atoms with Crippen LogP contribution in [-0.2, 0) is 8.85 Å². The Morgan fingerprint density at radius 2 is 1.50 bits per heavy atom. The Kier molecular flexibility index (Phi) is 5.25. The van der Waals surface area contributed by atoms with Gasteiger partial charge in [0.05, 0.1) is 0 Å². The van der Waals surface area contributed by atoms with Gasteiger partial charge in [-0.1, -0.05) is 6.42 Å². The maximum Gasteiger partial charge on any atom is 0.432 e. The third kappa shape index (κ3) is 3.02. The number of nitrogens with zero attached hydrogens (tertiary/aromatic N) is 1. The van der Waals surface area contributed by atoms with Crippen molar-refractivity contribution in [2.24, 2.45) is 11.8 Å². The van der Waals surface area contributed by atoms with Gasteiger partial charge in [-0.25, -0.2) is 0 Å². The zero-order valence-corrected chi connectivity index (χ0v) is 17.9. The van der Waals surface area contributed by atoms with Crippen molar-refractivity contribution in [3.63, 3.8) is 0 Å². The van der Waals surface area contributed by atoms with E-state index in [1.807, 2.05) is 0 Å². The lowest BCUT2D eigenvalue weighted by atomic mass is 9.83. The molecule has 0 spiro atoms. The van der Waals surface area contributed by atoms with Crippen molar-refractivity contribution in [1.29, 1.82) is 0 Å². The summed E-state index contributed by atoms with van der Waals surface area (Å²) in [5.74, 6) is 1.78. The highest BCUT2D eigenvalue weighted by Crippen LogP contribution is 2.59. The van der Waals surface area contributed by atoms with Crippen LogP contribution in [0.3, 0.4) is 0 Å². The lowest BCUT2D eigenvalue weighted by Gasteiger charge is -2.61. The summed E-state index contributed by atoms with van der Waals surface area (Å²) in [6.07, 6.45) is 9.44. The Morgan fingerprint density at radius 1 is 0.917 bits per heavy atom. The molecule has 2 aliphatic carbocycles. The van der Waals surface area contributed by atoms with Crippen LogP contribution in [0, 0.1) is 11.8 Å². The van der Waals surface area contributed by atoms with Crippen LogP contribution in [0.15, 0.2) is 0 Å². The van der Waals surface area contributed by atoms with Crippen molar-refractivity contribution in [1.82, 2.24) is 4.57 Å². The number of hydrogen-bond acceptors (Lipinski definition) is 3. The quantitative estimate of drug-likeness (QED) is 0.610. The lowest BCUT2D eigenvalue weighted by Crippen LogP contribution is -2.75. The van der Waals surface area contributed by atoms with E-state index in [2.05, 4.69) is 46.1 Å². The maximum absolute atomic E-state index is 6.76. The minimum Gasteiger partial charge on any atom is -0.383 e. The van der Waals surface area contributed by atoms with Crippen LogP contribution in [0.2, 0.25) is 5.54 Å². The van der Waals surface area contributed by atoms with Gasteiger partial charge in [0.2, 0.25) is 0 Å². The third-order valence-corrected chi connectivity index (χ3v) is 11.9. The predicted octanol–water partition coefficient (Wildman–Crippen LogP) is 5.23. The first kappa shape index (κ1) is 18.9. The Bertz CT molecular complexity index is 429. The van der Waals surface area contributed by atoms with E-state index in [0.717, 1.165) is 25.0 Å². The summed E-state index contributed by atoms with van der Waals surface area (Å²) in [5.41, 5.74) is 0.994. The van der Waals surface area contributed by atoms with Crippen LogP contribution in [0.25, 0.3) is 0 Å². The third-order valence-electron chi connectivity index (χ3n) is 7.01. The van der Waals surface area contributed by atoms with E-state index in [1.165, 1.54) is 44.9 Å². The summed E-state index contributed by atoms with van der Waals surface area (Å²) in [4.78, 5) is 0. The van der Waals surface area contributed by atoms with Gasteiger partial charge >= 0.3 is 8.72 Å². The molecule has 3 atom stereocenters. The molecule has 2 bridgehead atoms. The molecule has 0 aromatic carbocycles. The molecule has 3 unspecified atom stereocenters. The van der Waals surface area contributed by atoms with E-state index < -0.39 is 8.72 Å². The first-order valence-corrected chi connectivity index (χ1v) is 12.2. The van der Waals surface area contributed by atoms with E-state index in [-0.39, 0.29) is 11.1 Å². The van der Waals surface area contributed by atoms with Crippen LogP contribution in [0.1, 0.15) is 86.5 Å². The average molecular weight is 354 g/mol. The Labute approximate surface area is 150 Å². The van der Waals surface area contributed by atoms with Gasteiger partial charge in [0.1, 0.15) is 0 Å². The Morgan fingerprint density at radius 3 is 1.92 bits per heavy atom. The molecular formula is C20H39NO2Si. The SMILES string of the molecule is CCO[Si](OCC)(C1CC2CCC1C2)N1C(C)(C)CCCC1(C)C. The molecule has 4 heteroatoms. The maximum atomic E-state index is 6.76. The minimum absolute atomic E-state index is 0.167. The van der Waals surface area contributed by atoms with E-state index in [4.69, 9.17) is 8.85 Å². The fourth-order valence-electron chi connectivity index (χ4n) is 6.50. The van der Waals surface area contributed by atoms with Gasteiger partial charge in [-0.3, -0.25) is 4.57 Å². The predicted molar refractivity (Wildman–Crippen MR) is 102 cm³/mol. The second kappa shape index (κ2) is 6.68. The molecule has 0 aromatic heterocycles. The van der Waals surface area contributed by atoms with Gasteiger partial charge in [0.15, 0.2) is 0 Å². The highest BCUT2D eigenvalue weighted by molar-refractivity contribution is 6.66. The Balaban J connectivity index is 2.05. The lowest BCUT2D eigenvalue weighted by molar-refractivity contribution is -0.0269. The molecule has 140 valence electrons. The fourth-order valence-corrected chi connectivity index (χ4v) is 11.9. The molecule has 0 amide bonds. The summed E-state index contributed by atoms with van der Waals surface area (Å²) in [7, 11) is -2.45. The van der Waals surface area contributed by atoms with Gasteiger partial charge < -0.3 is 8.85 Å². The molecule has 1 aliphatic heterocycles. The van der Waals surface area contributed by atoms with Crippen molar-refractivity contribution in [3.05, 3.63) is 0 Å². The molecule has 0 N–H and O–H groups in total. The summed E-state index contributed by atoms with van der Waals surface area (Å²) in [6, 6.07) is 0. The molecule has 1 heterocycles. The van der Waals surface area contributed by atoms with Crippen molar-refractivity contribution in [2.75, 3.05) is 13.2 Å². The number of piperidine rings is 1. The molecule has 0 aromatic rings. The van der Waals surface area contributed by atoms with Crippen LogP contribution in [-0.4, -0.2) is 37.6 Å². The van der Waals surface area contributed by atoms with Gasteiger partial charge in [-0.05, 0) is 91.9 Å². The van der Waals surface area contributed by atoms with Crippen LogP contribution in [0.5, 0.6) is 0 Å². The van der Waals surface area contributed by atoms with Gasteiger partial charge in [0.25, 0.3) is 0 Å². The zero-order chi connectivity index (χ0) is 17.6. The second-order valence-electron chi connectivity index (χ2n) is 9.59. The molecule has 3 aliphatic rings. The molecule has 3 fully saturated rings. The normalized spacial score (nSPS) is 35.5. The molecule has 0 radical (unpaired) electrons. The molecule has 1 saturated heterocycles. The summed E-state index contributed by atoms with van der Waals surface area (Å²) in [6.45, 7) is 15.6. The molecule has 24 heavy (non-hydrogen) atoms. The van der Waals surface area contributed by atoms with Gasteiger partial charge in [0, 0.05) is 29.8 Å². The van der Waals surface area contributed by atoms with Crippen LogP contribution < -0.4 is 0 Å². The summed E-state index contributed by atoms with van der Waals surface area (Å²) < 4.78 is 16.3. The average Bonchev–Trinajstić information content (AvgIpc) is 3.08. The van der Waals surface area contributed by atoms with Gasteiger partial charge in [-0.15, -0.1) is 0 Å². The topological polar surface area (TPSA) is 21.7 Å². The van der Waals surface area contributed by atoms with Crippen molar-refractivity contribution >= 4 is 8.72 Å². The smallest absolute Gasteiger partial charge is 0.383 e. The van der Waals surface area contributed by atoms with E-state index in [9.17, 15) is 0 Å². The summed E-state index contributed by atoms with van der Waals surface area (Å²) >= 11 is 0. The van der Waals surface area contributed by atoms with E-state index >= 15 is 0 Å². The Hall–Kier alpha value is 0.0969. The number of fused-ring (bicyclic) bond motifs is 2. The largest absolute Gasteiger partial charge is 0.432 e. The molecular weight excluding hydrogens is 314 g/mol. The van der Waals surface area contributed by atoms with Crippen LogP contribution in [0.4, 0.5) is 0 Å². The van der Waals surface area contributed by atoms with E-state index in [0.29, 0.717) is 5.54 Å². The van der Waals surface area contributed by atoms with Crippen molar-refractivity contribution < 1.29 is 8.85 Å². The fraction of sp³-hybridized carbons (Fsp3) is 1.00.